The number of ketones is 1. The second kappa shape index (κ2) is 3.67. The summed E-state index contributed by atoms with van der Waals surface area (Å²) in [6.45, 7) is 3.41. The summed E-state index contributed by atoms with van der Waals surface area (Å²) in [5.41, 5.74) is 2.86. The van der Waals surface area contributed by atoms with Crippen molar-refractivity contribution < 1.29 is 19.4 Å². The molecule has 3 aromatic rings. The molecular formula is C17H12O4. The predicted molar refractivity (Wildman–Crippen MR) is 77.9 cm³/mol. The number of rotatable bonds is 0. The van der Waals surface area contributed by atoms with E-state index in [1.807, 2.05) is 6.07 Å². The van der Waals surface area contributed by atoms with E-state index in [0.29, 0.717) is 39.0 Å². The number of furan rings is 1. The maximum absolute atomic E-state index is 12.6. The molecule has 0 saturated heterocycles. The number of hydrogen-bond acceptors (Lipinski definition) is 4. The van der Waals surface area contributed by atoms with E-state index in [2.05, 4.69) is 0 Å². The van der Waals surface area contributed by atoms with Crippen LogP contribution in [0.4, 0.5) is 0 Å². The van der Waals surface area contributed by atoms with Crippen LogP contribution in [0, 0.1) is 13.8 Å². The third-order valence-corrected chi connectivity index (χ3v) is 4.28. The third-order valence-electron chi connectivity index (χ3n) is 4.28. The first-order valence-corrected chi connectivity index (χ1v) is 6.64. The summed E-state index contributed by atoms with van der Waals surface area (Å²) in [7, 11) is 0. The number of phenols is 2. The van der Waals surface area contributed by atoms with E-state index in [9.17, 15) is 15.0 Å². The lowest BCUT2D eigenvalue weighted by molar-refractivity contribution is 0.104. The van der Waals surface area contributed by atoms with E-state index >= 15 is 0 Å². The van der Waals surface area contributed by atoms with Gasteiger partial charge in [-0.15, -0.1) is 0 Å². The molecule has 4 nitrogen and oxygen atoms in total. The van der Waals surface area contributed by atoms with Crippen LogP contribution in [0.3, 0.4) is 0 Å². The zero-order valence-electron chi connectivity index (χ0n) is 11.5. The Balaban J connectivity index is 2.23. The van der Waals surface area contributed by atoms with Gasteiger partial charge in [0.25, 0.3) is 0 Å². The Labute approximate surface area is 120 Å². The minimum atomic E-state index is -0.183. The van der Waals surface area contributed by atoms with E-state index in [-0.39, 0.29) is 22.9 Å². The summed E-state index contributed by atoms with van der Waals surface area (Å²) in [6.07, 6.45) is 0. The summed E-state index contributed by atoms with van der Waals surface area (Å²) in [5.74, 6) is 0.199. The lowest BCUT2D eigenvalue weighted by Gasteiger charge is -2.08. The molecule has 0 saturated carbocycles. The molecule has 21 heavy (non-hydrogen) atoms. The molecule has 2 aromatic carbocycles. The third kappa shape index (κ3) is 1.27. The summed E-state index contributed by atoms with van der Waals surface area (Å²) in [6, 6.07) is 7.15. The van der Waals surface area contributed by atoms with Gasteiger partial charge in [-0.25, -0.2) is 0 Å². The van der Waals surface area contributed by atoms with Gasteiger partial charge >= 0.3 is 0 Å². The van der Waals surface area contributed by atoms with E-state index in [0.717, 1.165) is 0 Å². The molecule has 0 amide bonds. The van der Waals surface area contributed by atoms with Crippen molar-refractivity contribution >= 4 is 16.8 Å². The van der Waals surface area contributed by atoms with Gasteiger partial charge in [0.05, 0.1) is 10.9 Å². The van der Waals surface area contributed by atoms with Crippen molar-refractivity contribution in [2.75, 3.05) is 0 Å². The highest BCUT2D eigenvalue weighted by molar-refractivity contribution is 6.28. The number of carbonyl (C=O) groups is 1. The van der Waals surface area contributed by atoms with Crippen molar-refractivity contribution in [3.8, 4) is 22.8 Å². The Morgan fingerprint density at radius 3 is 2.29 bits per heavy atom. The van der Waals surface area contributed by atoms with Crippen molar-refractivity contribution in [3.05, 3.63) is 46.5 Å². The van der Waals surface area contributed by atoms with Crippen molar-refractivity contribution in [3.63, 3.8) is 0 Å². The molecule has 1 aliphatic carbocycles. The largest absolute Gasteiger partial charge is 0.507 e. The smallest absolute Gasteiger partial charge is 0.198 e. The fraction of sp³-hybridized carbons (Fsp3) is 0.118. The molecular weight excluding hydrogens is 268 g/mol. The van der Waals surface area contributed by atoms with E-state index < -0.39 is 0 Å². The molecule has 2 N–H and O–H groups in total. The molecule has 0 radical (unpaired) electrons. The second-order valence-electron chi connectivity index (χ2n) is 5.33. The van der Waals surface area contributed by atoms with Crippen molar-refractivity contribution in [1.29, 1.82) is 0 Å². The predicted octanol–water partition coefficient (Wildman–Crippen LogP) is 3.67. The molecule has 104 valence electrons. The van der Waals surface area contributed by atoms with Crippen LogP contribution in [-0.4, -0.2) is 16.0 Å². The van der Waals surface area contributed by atoms with E-state index in [1.165, 1.54) is 0 Å². The molecule has 4 rings (SSSR count). The first-order valence-electron chi connectivity index (χ1n) is 6.64. The lowest BCUT2D eigenvalue weighted by Crippen LogP contribution is -1.96. The van der Waals surface area contributed by atoms with Gasteiger partial charge in [0.15, 0.2) is 17.1 Å². The van der Waals surface area contributed by atoms with Crippen LogP contribution < -0.4 is 0 Å². The monoisotopic (exact) mass is 280 g/mol. The van der Waals surface area contributed by atoms with Gasteiger partial charge in [0.2, 0.25) is 0 Å². The molecule has 0 spiro atoms. The Kier molecular flexibility index (Phi) is 2.10. The summed E-state index contributed by atoms with van der Waals surface area (Å²) in [5, 5.41) is 20.9. The fourth-order valence-electron chi connectivity index (χ4n) is 2.96. The molecule has 1 heterocycles. The van der Waals surface area contributed by atoms with Crippen LogP contribution >= 0.6 is 0 Å². The number of fused-ring (bicyclic) bond motifs is 5. The highest BCUT2D eigenvalue weighted by Gasteiger charge is 2.35. The molecule has 0 bridgehead atoms. The van der Waals surface area contributed by atoms with Crippen molar-refractivity contribution in [1.82, 2.24) is 0 Å². The first-order chi connectivity index (χ1) is 10.0. The Morgan fingerprint density at radius 1 is 0.952 bits per heavy atom. The highest BCUT2D eigenvalue weighted by atomic mass is 16.4. The molecule has 4 heteroatoms. The lowest BCUT2D eigenvalue weighted by atomic mass is 10.0. The normalized spacial score (nSPS) is 12.8. The van der Waals surface area contributed by atoms with Gasteiger partial charge in [-0.3, -0.25) is 4.79 Å². The number of phenolic OH excluding ortho intramolecular Hbond substituents is 2. The van der Waals surface area contributed by atoms with Crippen LogP contribution in [0.15, 0.2) is 28.7 Å². The Hall–Kier alpha value is -2.75. The number of aromatic hydroxyl groups is 2. The van der Waals surface area contributed by atoms with Gasteiger partial charge in [0.1, 0.15) is 11.5 Å². The van der Waals surface area contributed by atoms with Crippen molar-refractivity contribution in [2.45, 2.75) is 13.8 Å². The summed E-state index contributed by atoms with van der Waals surface area (Å²) < 4.78 is 5.72. The standard InChI is InChI=1S/C17H12O4/c1-7-8(2)14(19)17-11(13(7)18)12-15(20)9-5-3-4-6-10(9)16(12)21-17/h3-6,18-19H,1-2H3. The first kappa shape index (κ1) is 12.0. The maximum Gasteiger partial charge on any atom is 0.198 e. The van der Waals surface area contributed by atoms with Crippen LogP contribution in [0.25, 0.3) is 22.3 Å². The van der Waals surface area contributed by atoms with Crippen LogP contribution in [0.2, 0.25) is 0 Å². The minimum absolute atomic E-state index is 0.00791. The van der Waals surface area contributed by atoms with Crippen LogP contribution in [0.1, 0.15) is 27.0 Å². The average molecular weight is 280 g/mol. The number of hydrogen-bond donors (Lipinski definition) is 2. The van der Waals surface area contributed by atoms with Gasteiger partial charge in [0, 0.05) is 16.7 Å². The van der Waals surface area contributed by atoms with Gasteiger partial charge < -0.3 is 14.6 Å². The number of carbonyl (C=O) groups excluding carboxylic acids is 1. The Morgan fingerprint density at radius 2 is 1.57 bits per heavy atom. The SMILES string of the molecule is Cc1c(C)c(O)c2c3c(oc2c1O)-c1ccccc1C3=O. The fourth-order valence-corrected chi connectivity index (χ4v) is 2.96. The van der Waals surface area contributed by atoms with Crippen molar-refractivity contribution in [2.24, 2.45) is 0 Å². The average Bonchev–Trinajstić information content (AvgIpc) is 3.01. The molecule has 0 fully saturated rings. The molecule has 1 aromatic heterocycles. The zero-order valence-corrected chi connectivity index (χ0v) is 11.5. The zero-order chi connectivity index (χ0) is 14.9. The quantitative estimate of drug-likeness (QED) is 0.482. The maximum atomic E-state index is 12.6. The molecule has 0 unspecified atom stereocenters. The topological polar surface area (TPSA) is 70.7 Å². The van der Waals surface area contributed by atoms with E-state index in [1.54, 1.807) is 32.0 Å². The highest BCUT2D eigenvalue weighted by Crippen LogP contribution is 2.49. The van der Waals surface area contributed by atoms with Crippen LogP contribution in [-0.2, 0) is 0 Å². The summed E-state index contributed by atoms with van der Waals surface area (Å²) in [4.78, 5) is 12.6. The van der Waals surface area contributed by atoms with Gasteiger partial charge in [-0.05, 0) is 19.4 Å². The second-order valence-corrected chi connectivity index (χ2v) is 5.33. The summed E-state index contributed by atoms with van der Waals surface area (Å²) >= 11 is 0. The molecule has 0 atom stereocenters. The molecule has 1 aliphatic rings. The minimum Gasteiger partial charge on any atom is -0.507 e. The van der Waals surface area contributed by atoms with Crippen LogP contribution in [0.5, 0.6) is 11.5 Å². The Bertz CT molecular complexity index is 947. The van der Waals surface area contributed by atoms with Gasteiger partial charge in [-0.2, -0.15) is 0 Å². The van der Waals surface area contributed by atoms with Gasteiger partial charge in [-0.1, -0.05) is 24.3 Å². The number of benzene rings is 2. The van der Waals surface area contributed by atoms with E-state index in [4.69, 9.17) is 4.42 Å². The molecule has 0 aliphatic heterocycles.